The topological polar surface area (TPSA) is 55.6 Å². The van der Waals surface area contributed by atoms with E-state index in [1.807, 2.05) is 4.90 Å². The van der Waals surface area contributed by atoms with Crippen molar-refractivity contribution in [1.82, 2.24) is 4.90 Å². The van der Waals surface area contributed by atoms with Gasteiger partial charge in [0.15, 0.2) is 0 Å². The lowest BCUT2D eigenvalue weighted by atomic mass is 10.1. The van der Waals surface area contributed by atoms with E-state index in [0.29, 0.717) is 6.54 Å². The molecule has 0 amide bonds. The lowest BCUT2D eigenvalue weighted by Crippen LogP contribution is -2.33. The highest BCUT2D eigenvalue weighted by Gasteiger charge is 2.40. The molecule has 0 aromatic carbocycles. The molecule has 0 radical (unpaired) electrons. The van der Waals surface area contributed by atoms with Crippen LogP contribution in [0.4, 0.5) is 13.2 Å². The largest absolute Gasteiger partial charge is 0.490 e. The van der Waals surface area contributed by atoms with Gasteiger partial charge in [0.2, 0.25) is 0 Å². The third-order valence-corrected chi connectivity index (χ3v) is 2.74. The number of esters is 1. The summed E-state index contributed by atoms with van der Waals surface area (Å²) in [6, 6.07) is 0.165. The molecule has 2 N–H and O–H groups in total. The van der Waals surface area contributed by atoms with Crippen LogP contribution in [0.1, 0.15) is 19.3 Å². The van der Waals surface area contributed by atoms with Gasteiger partial charge in [-0.1, -0.05) is 0 Å². The lowest BCUT2D eigenvalue weighted by molar-refractivity contribution is -0.200. The van der Waals surface area contributed by atoms with Gasteiger partial charge in [0, 0.05) is 12.6 Å². The van der Waals surface area contributed by atoms with Crippen LogP contribution in [0, 0.1) is 0 Å². The van der Waals surface area contributed by atoms with Gasteiger partial charge in [-0.25, -0.2) is 4.79 Å². The number of halogens is 3. The fourth-order valence-electron chi connectivity index (χ4n) is 1.75. The van der Waals surface area contributed by atoms with E-state index in [2.05, 4.69) is 4.74 Å². The van der Waals surface area contributed by atoms with E-state index in [1.54, 1.807) is 0 Å². The molecule has 100 valence electrons. The van der Waals surface area contributed by atoms with Crippen molar-refractivity contribution in [2.24, 2.45) is 5.73 Å². The molecule has 4 nitrogen and oxygen atoms in total. The number of hydrogen-bond donors (Lipinski definition) is 1. The minimum Gasteiger partial charge on any atom is -0.458 e. The molecule has 1 fully saturated rings. The number of ether oxygens (including phenoxy) is 1. The van der Waals surface area contributed by atoms with Gasteiger partial charge in [-0.2, -0.15) is 13.2 Å². The van der Waals surface area contributed by atoms with Crippen LogP contribution in [0.15, 0.2) is 0 Å². The second-order valence-electron chi connectivity index (χ2n) is 4.17. The van der Waals surface area contributed by atoms with Crippen LogP contribution in [0.5, 0.6) is 0 Å². The molecule has 1 unspecified atom stereocenters. The molecule has 7 heteroatoms. The Hall–Kier alpha value is -0.820. The summed E-state index contributed by atoms with van der Waals surface area (Å²) in [5, 5.41) is 0. The quantitative estimate of drug-likeness (QED) is 0.760. The van der Waals surface area contributed by atoms with Crippen molar-refractivity contribution in [1.29, 1.82) is 0 Å². The number of carbonyl (C=O) groups is 1. The van der Waals surface area contributed by atoms with Crippen molar-refractivity contribution >= 4 is 5.97 Å². The monoisotopic (exact) mass is 254 g/mol. The van der Waals surface area contributed by atoms with Crippen LogP contribution in [-0.4, -0.2) is 49.3 Å². The van der Waals surface area contributed by atoms with E-state index in [4.69, 9.17) is 5.73 Å². The highest BCUT2D eigenvalue weighted by molar-refractivity contribution is 5.75. The van der Waals surface area contributed by atoms with E-state index in [0.717, 1.165) is 32.4 Å². The maximum absolute atomic E-state index is 11.8. The number of rotatable bonds is 3. The van der Waals surface area contributed by atoms with E-state index >= 15 is 0 Å². The molecule has 1 rings (SSSR count). The van der Waals surface area contributed by atoms with Gasteiger partial charge < -0.3 is 10.5 Å². The average molecular weight is 254 g/mol. The first kappa shape index (κ1) is 14.2. The highest BCUT2D eigenvalue weighted by Crippen LogP contribution is 2.16. The summed E-state index contributed by atoms with van der Waals surface area (Å²) < 4.78 is 39.6. The van der Waals surface area contributed by atoms with Crippen LogP contribution >= 0.6 is 0 Å². The van der Waals surface area contributed by atoms with Gasteiger partial charge in [0.25, 0.3) is 0 Å². The Kier molecular flexibility index (Phi) is 5.20. The first-order chi connectivity index (χ1) is 7.89. The van der Waals surface area contributed by atoms with Gasteiger partial charge in [0.1, 0.15) is 6.61 Å². The van der Waals surface area contributed by atoms with Crippen molar-refractivity contribution in [3.8, 4) is 0 Å². The first-order valence-electron chi connectivity index (χ1n) is 5.61. The molecule has 1 heterocycles. The fourth-order valence-corrected chi connectivity index (χ4v) is 1.75. The predicted molar refractivity (Wildman–Crippen MR) is 55.3 cm³/mol. The zero-order chi connectivity index (χ0) is 12.9. The number of carbonyl (C=O) groups excluding carboxylic acids is 1. The third-order valence-electron chi connectivity index (χ3n) is 2.74. The Morgan fingerprint density at radius 3 is 2.71 bits per heavy atom. The van der Waals surface area contributed by atoms with E-state index in [9.17, 15) is 18.0 Å². The average Bonchev–Trinajstić information content (AvgIpc) is 2.42. The standard InChI is InChI=1S/C10H17F3N2O2/c11-10(12,13)9(16)17-7-6-15-4-1-2-8(14)3-5-15/h8H,1-7,14H2. The van der Waals surface area contributed by atoms with E-state index in [-0.39, 0.29) is 12.6 Å². The number of nitrogens with two attached hydrogens (primary N) is 1. The minimum atomic E-state index is -4.90. The fraction of sp³-hybridized carbons (Fsp3) is 0.900. The SMILES string of the molecule is NC1CCCN(CCOC(=O)C(F)(F)F)CC1. The predicted octanol–water partition coefficient (Wildman–Crippen LogP) is 0.905. The van der Waals surface area contributed by atoms with Gasteiger partial charge in [0.05, 0.1) is 0 Å². The Balaban J connectivity index is 2.20. The maximum Gasteiger partial charge on any atom is 0.490 e. The second-order valence-corrected chi connectivity index (χ2v) is 4.17. The normalized spacial score (nSPS) is 23.2. The van der Waals surface area contributed by atoms with Gasteiger partial charge in [-0.3, -0.25) is 4.90 Å². The molecule has 0 bridgehead atoms. The summed E-state index contributed by atoms with van der Waals surface area (Å²) in [7, 11) is 0. The molecule has 0 saturated carbocycles. The summed E-state index contributed by atoms with van der Waals surface area (Å²) >= 11 is 0. The molecule has 0 spiro atoms. The van der Waals surface area contributed by atoms with Crippen LogP contribution in [0.25, 0.3) is 0 Å². The first-order valence-corrected chi connectivity index (χ1v) is 5.61. The van der Waals surface area contributed by atoms with Crippen LogP contribution < -0.4 is 5.73 Å². The van der Waals surface area contributed by atoms with Gasteiger partial charge >= 0.3 is 12.1 Å². The molecule has 0 aromatic heterocycles. The van der Waals surface area contributed by atoms with Gasteiger partial charge in [-0.05, 0) is 32.4 Å². The third kappa shape index (κ3) is 5.36. The summed E-state index contributed by atoms with van der Waals surface area (Å²) in [5.74, 6) is -2.12. The molecule has 1 aliphatic heterocycles. The van der Waals surface area contributed by atoms with Crippen LogP contribution in [0.3, 0.4) is 0 Å². The highest BCUT2D eigenvalue weighted by atomic mass is 19.4. The van der Waals surface area contributed by atoms with Crippen molar-refractivity contribution in [3.05, 3.63) is 0 Å². The molecular weight excluding hydrogens is 237 g/mol. The van der Waals surface area contributed by atoms with E-state index < -0.39 is 12.1 Å². The lowest BCUT2D eigenvalue weighted by Gasteiger charge is -2.19. The van der Waals surface area contributed by atoms with Gasteiger partial charge in [-0.15, -0.1) is 0 Å². The smallest absolute Gasteiger partial charge is 0.458 e. The number of hydrogen-bond acceptors (Lipinski definition) is 4. The maximum atomic E-state index is 11.8. The molecule has 1 saturated heterocycles. The molecule has 1 atom stereocenters. The molecule has 0 aliphatic carbocycles. The number of nitrogens with zero attached hydrogens (tertiary/aromatic N) is 1. The summed E-state index contributed by atoms with van der Waals surface area (Å²) in [6.45, 7) is 1.63. The number of alkyl halides is 3. The molecule has 1 aliphatic rings. The minimum absolute atomic E-state index is 0.165. The summed E-state index contributed by atoms with van der Waals surface area (Å²) in [4.78, 5) is 12.4. The van der Waals surface area contributed by atoms with Crippen molar-refractivity contribution in [2.45, 2.75) is 31.5 Å². The summed E-state index contributed by atoms with van der Waals surface area (Å²) in [5.41, 5.74) is 5.77. The van der Waals surface area contributed by atoms with Crippen molar-refractivity contribution in [3.63, 3.8) is 0 Å². The van der Waals surface area contributed by atoms with Crippen LogP contribution in [0.2, 0.25) is 0 Å². The molecule has 17 heavy (non-hydrogen) atoms. The Morgan fingerprint density at radius 2 is 2.06 bits per heavy atom. The molecular formula is C10H17F3N2O2. The Bertz CT molecular complexity index is 258. The second kappa shape index (κ2) is 6.20. The van der Waals surface area contributed by atoms with E-state index in [1.165, 1.54) is 0 Å². The van der Waals surface area contributed by atoms with Crippen LogP contribution in [-0.2, 0) is 9.53 Å². The zero-order valence-electron chi connectivity index (χ0n) is 9.50. The Morgan fingerprint density at radius 1 is 1.35 bits per heavy atom. The Labute approximate surface area is 97.9 Å². The molecule has 0 aromatic rings. The van der Waals surface area contributed by atoms with Crippen molar-refractivity contribution in [2.75, 3.05) is 26.2 Å². The number of likely N-dealkylation sites (tertiary alicyclic amines) is 1. The summed E-state index contributed by atoms with van der Waals surface area (Å²) in [6.07, 6.45) is -2.22. The zero-order valence-corrected chi connectivity index (χ0v) is 9.50. The van der Waals surface area contributed by atoms with Crippen molar-refractivity contribution < 1.29 is 22.7 Å².